The van der Waals surface area contributed by atoms with Crippen LogP contribution in [0.3, 0.4) is 0 Å². The van der Waals surface area contributed by atoms with Crippen LogP contribution >= 0.6 is 11.8 Å². The zero-order valence-corrected chi connectivity index (χ0v) is 30.9. The zero-order chi connectivity index (χ0) is 34.0. The summed E-state index contributed by atoms with van der Waals surface area (Å²) in [6.07, 6.45) is 18.0. The summed E-state index contributed by atoms with van der Waals surface area (Å²) in [6, 6.07) is 12.6. The maximum absolute atomic E-state index is 13.0. The molecule has 268 valence electrons. The van der Waals surface area contributed by atoms with E-state index in [2.05, 4.69) is 82.7 Å². The van der Waals surface area contributed by atoms with Crippen molar-refractivity contribution in [2.75, 3.05) is 39.8 Å². The predicted molar refractivity (Wildman–Crippen MR) is 197 cm³/mol. The number of benzene rings is 1. The lowest BCUT2D eigenvalue weighted by Gasteiger charge is -2.61. The van der Waals surface area contributed by atoms with Crippen molar-refractivity contribution in [2.45, 2.75) is 143 Å². The molecule has 1 aromatic carbocycles. The number of nitriles is 1. The predicted octanol–water partition coefficient (Wildman–Crippen LogP) is 6.23. The van der Waals surface area contributed by atoms with Gasteiger partial charge in [-0.25, -0.2) is 4.90 Å². The third-order valence-corrected chi connectivity index (χ3v) is 15.1. The summed E-state index contributed by atoms with van der Waals surface area (Å²) >= 11 is 2.16. The number of piperazine rings is 1. The Morgan fingerprint density at radius 3 is 2.63 bits per heavy atom. The van der Waals surface area contributed by atoms with Crippen molar-refractivity contribution in [1.29, 1.82) is 5.26 Å². The molecule has 7 rings (SSSR count). The molecule has 0 aromatic heterocycles. The first-order valence-corrected chi connectivity index (χ1v) is 20.4. The highest BCUT2D eigenvalue weighted by Gasteiger charge is 2.55. The molecule has 0 radical (unpaired) electrons. The molecule has 8 nitrogen and oxygen atoms in total. The molecule has 1 N–H and O–H groups in total. The lowest BCUT2D eigenvalue weighted by molar-refractivity contribution is -0.215. The number of hydrogen-bond acceptors (Lipinski definition) is 8. The highest BCUT2D eigenvalue weighted by Crippen LogP contribution is 2.56. The monoisotopic (exact) mass is 688 g/mol. The molecule has 8 atom stereocenters. The van der Waals surface area contributed by atoms with Gasteiger partial charge in [-0.1, -0.05) is 63.8 Å². The molecule has 0 bridgehead atoms. The van der Waals surface area contributed by atoms with Gasteiger partial charge in [0.25, 0.3) is 0 Å². The number of carbonyl (C=O) groups excluding carboxylic acids is 1. The second-order valence-corrected chi connectivity index (χ2v) is 17.6. The Hall–Kier alpha value is -1.93. The van der Waals surface area contributed by atoms with Gasteiger partial charge in [-0.3, -0.25) is 15.0 Å². The Balaban J connectivity index is 1.23. The van der Waals surface area contributed by atoms with E-state index < -0.39 is 0 Å². The fourth-order valence-corrected chi connectivity index (χ4v) is 12.1. The number of thioether (sulfide) groups is 1. The second kappa shape index (κ2) is 15.8. The normalized spacial score (nSPS) is 36.8. The summed E-state index contributed by atoms with van der Waals surface area (Å²) in [5, 5.41) is 14.1. The largest absolute Gasteiger partial charge is 0.348 e. The number of fused-ring (bicyclic) bond motifs is 2. The number of nitrogens with zero attached hydrogens (tertiary/aromatic N) is 5. The van der Waals surface area contributed by atoms with Crippen LogP contribution in [0, 0.1) is 23.2 Å². The number of amides is 1. The summed E-state index contributed by atoms with van der Waals surface area (Å²) in [4.78, 5) is 24.3. The molecule has 5 fully saturated rings. The molecular formula is C40H60N6O2S. The van der Waals surface area contributed by atoms with Crippen LogP contribution in [0.5, 0.6) is 0 Å². The van der Waals surface area contributed by atoms with Gasteiger partial charge in [-0.15, -0.1) is 11.8 Å². The SMILES string of the molecule is C=CC(=O)N1CCN(C2C3CC[C@]4(CC3NC(OCC3CCCN3C)N2C2CCCCCCC2)Sc2ccccc2CC4C)CC1CC#N. The third-order valence-electron chi connectivity index (χ3n) is 13.3. The van der Waals surface area contributed by atoms with E-state index >= 15 is 0 Å². The average molecular weight is 689 g/mol. The number of rotatable bonds is 7. The number of nitrogens with one attached hydrogen (secondary N) is 1. The van der Waals surface area contributed by atoms with E-state index in [1.807, 2.05) is 4.90 Å². The smallest absolute Gasteiger partial charge is 0.246 e. The Bertz CT molecular complexity index is 1350. The first-order valence-electron chi connectivity index (χ1n) is 19.6. The van der Waals surface area contributed by atoms with Gasteiger partial charge in [0.15, 0.2) is 6.35 Å². The third kappa shape index (κ3) is 7.39. The van der Waals surface area contributed by atoms with Gasteiger partial charge in [-0.2, -0.15) is 5.26 Å². The molecule has 4 heterocycles. The Morgan fingerprint density at radius 1 is 1.08 bits per heavy atom. The molecule has 49 heavy (non-hydrogen) atoms. The van der Waals surface area contributed by atoms with Crippen LogP contribution in [0.2, 0.25) is 0 Å². The van der Waals surface area contributed by atoms with E-state index in [1.54, 1.807) is 0 Å². The zero-order valence-electron chi connectivity index (χ0n) is 30.1. The second-order valence-electron chi connectivity index (χ2n) is 16.1. The van der Waals surface area contributed by atoms with Gasteiger partial charge in [0.05, 0.1) is 31.3 Å². The summed E-state index contributed by atoms with van der Waals surface area (Å²) in [5.41, 5.74) is 1.51. The molecule has 1 aromatic rings. The lowest BCUT2D eigenvalue weighted by Crippen LogP contribution is -2.75. The molecule has 3 saturated heterocycles. The van der Waals surface area contributed by atoms with Crippen LogP contribution in [0.1, 0.15) is 96.0 Å². The fraction of sp³-hybridized carbons (Fsp3) is 0.750. The molecule has 1 amide bonds. The van der Waals surface area contributed by atoms with E-state index in [1.165, 1.54) is 87.2 Å². The number of carbonyl (C=O) groups is 1. The summed E-state index contributed by atoms with van der Waals surface area (Å²) in [7, 11) is 2.25. The van der Waals surface area contributed by atoms with E-state index in [4.69, 9.17) is 4.74 Å². The quantitative estimate of drug-likeness (QED) is 0.338. The number of ether oxygens (including phenoxy) is 1. The van der Waals surface area contributed by atoms with Crippen molar-refractivity contribution in [3.63, 3.8) is 0 Å². The van der Waals surface area contributed by atoms with Crippen molar-refractivity contribution in [3.05, 3.63) is 42.5 Å². The van der Waals surface area contributed by atoms with Gasteiger partial charge in [0.1, 0.15) is 0 Å². The molecule has 2 saturated carbocycles. The first-order chi connectivity index (χ1) is 23.9. The Kier molecular flexibility index (Phi) is 11.4. The molecule has 9 heteroatoms. The molecule has 1 spiro atoms. The lowest BCUT2D eigenvalue weighted by atomic mass is 9.68. The van der Waals surface area contributed by atoms with Gasteiger partial charge in [0, 0.05) is 53.3 Å². The fourth-order valence-electron chi connectivity index (χ4n) is 10.5. The summed E-state index contributed by atoms with van der Waals surface area (Å²) in [6.45, 7) is 10.4. The number of likely N-dealkylation sites (tertiary alicyclic amines) is 1. The van der Waals surface area contributed by atoms with Crippen molar-refractivity contribution in [2.24, 2.45) is 11.8 Å². The first kappa shape index (κ1) is 35.5. The Labute approximate surface area is 299 Å². The topological polar surface area (TPSA) is 75.1 Å². The molecule has 2 aliphatic carbocycles. The van der Waals surface area contributed by atoms with Crippen LogP contribution in [0.4, 0.5) is 0 Å². The maximum atomic E-state index is 13.0. The Morgan fingerprint density at radius 2 is 1.88 bits per heavy atom. The maximum Gasteiger partial charge on any atom is 0.246 e. The van der Waals surface area contributed by atoms with Crippen molar-refractivity contribution in [3.8, 4) is 6.07 Å². The van der Waals surface area contributed by atoms with Crippen LogP contribution < -0.4 is 5.32 Å². The van der Waals surface area contributed by atoms with Crippen LogP contribution in [0.15, 0.2) is 41.8 Å². The number of hydrogen-bond donors (Lipinski definition) is 1. The van der Waals surface area contributed by atoms with E-state index in [0.29, 0.717) is 42.9 Å². The van der Waals surface area contributed by atoms with Gasteiger partial charge >= 0.3 is 0 Å². The van der Waals surface area contributed by atoms with E-state index in [0.717, 1.165) is 39.1 Å². The minimum Gasteiger partial charge on any atom is -0.348 e. The van der Waals surface area contributed by atoms with Gasteiger partial charge in [-0.05, 0) is 88.6 Å². The van der Waals surface area contributed by atoms with E-state index in [-0.39, 0.29) is 29.2 Å². The van der Waals surface area contributed by atoms with Gasteiger partial charge in [0.2, 0.25) is 5.91 Å². The van der Waals surface area contributed by atoms with E-state index in [9.17, 15) is 10.1 Å². The van der Waals surface area contributed by atoms with Crippen LogP contribution in [-0.4, -0.2) is 107 Å². The highest BCUT2D eigenvalue weighted by molar-refractivity contribution is 8.00. The minimum atomic E-state index is -0.140. The minimum absolute atomic E-state index is 0.0509. The highest BCUT2D eigenvalue weighted by atomic mass is 32.2. The van der Waals surface area contributed by atoms with Crippen molar-refractivity contribution >= 4 is 17.7 Å². The van der Waals surface area contributed by atoms with Gasteiger partial charge < -0.3 is 14.5 Å². The van der Waals surface area contributed by atoms with Crippen molar-refractivity contribution in [1.82, 2.24) is 24.9 Å². The molecule has 6 aliphatic rings. The number of likely N-dealkylation sites (N-methyl/N-ethyl adjacent to an activating group) is 1. The van der Waals surface area contributed by atoms with Crippen LogP contribution in [-0.2, 0) is 16.0 Å². The van der Waals surface area contributed by atoms with Crippen molar-refractivity contribution < 1.29 is 9.53 Å². The molecular weight excluding hydrogens is 629 g/mol. The summed E-state index contributed by atoms with van der Waals surface area (Å²) < 4.78 is 7.38. The molecule has 7 unspecified atom stereocenters. The van der Waals surface area contributed by atoms with Crippen LogP contribution in [0.25, 0.3) is 0 Å². The molecule has 4 aliphatic heterocycles. The standard InChI is InChI=1S/C40H60N6O2S/c1-4-37(47)45-24-23-44(27-32(45)19-21-41)38-34-18-20-40(29(2)25-30-13-10-11-17-36(30)49-40)26-35(34)42-39(48-28-33-16-12-22-43(33)3)46(38)31-14-8-6-5-7-9-15-31/h4,10-11,13,17,29,31-35,38-39,42H,1,5-9,12,14-16,18-20,22-28H2,2-3H3/t29?,32?,33?,34?,35?,38?,39?,40-/m1/s1. The summed E-state index contributed by atoms with van der Waals surface area (Å²) in [5.74, 6) is 1.02. The average Bonchev–Trinajstić information content (AvgIpc) is 3.51.